The summed E-state index contributed by atoms with van der Waals surface area (Å²) in [5.74, 6) is 1.59. The van der Waals surface area contributed by atoms with E-state index in [0.29, 0.717) is 0 Å². The Morgan fingerprint density at radius 2 is 2.00 bits per heavy atom. The third-order valence-corrected chi connectivity index (χ3v) is 3.17. The maximum Gasteiger partial charge on any atom is 0.220 e. The Bertz CT molecular complexity index is 404. The lowest BCUT2D eigenvalue weighted by atomic mass is 9.96. The van der Waals surface area contributed by atoms with Crippen LogP contribution in [-0.4, -0.2) is 29.0 Å². The van der Waals surface area contributed by atoms with E-state index in [1.165, 1.54) is 0 Å². The van der Waals surface area contributed by atoms with Crippen LogP contribution in [-0.2, 0) is 4.79 Å². The number of hydrogen-bond donors (Lipinski definition) is 1. The maximum absolute atomic E-state index is 11.1. The van der Waals surface area contributed by atoms with Crippen LogP contribution in [0.15, 0.2) is 6.07 Å². The van der Waals surface area contributed by atoms with Gasteiger partial charge >= 0.3 is 0 Å². The van der Waals surface area contributed by atoms with Crippen molar-refractivity contribution in [3.05, 3.63) is 17.6 Å². The summed E-state index contributed by atoms with van der Waals surface area (Å²) in [5, 5.41) is 0. The average molecular weight is 234 g/mol. The predicted octanol–water partition coefficient (Wildman–Crippen LogP) is 0.795. The summed E-state index contributed by atoms with van der Waals surface area (Å²) in [6.45, 7) is 5.54. The van der Waals surface area contributed by atoms with E-state index in [1.54, 1.807) is 0 Å². The second-order valence-corrected chi connectivity index (χ2v) is 4.58. The van der Waals surface area contributed by atoms with E-state index in [-0.39, 0.29) is 11.8 Å². The quantitative estimate of drug-likeness (QED) is 0.821. The zero-order valence-electron chi connectivity index (χ0n) is 10.3. The second kappa shape index (κ2) is 4.69. The molecule has 0 atom stereocenters. The molecule has 0 saturated carbocycles. The minimum atomic E-state index is -0.181. The van der Waals surface area contributed by atoms with Crippen molar-refractivity contribution >= 4 is 11.7 Å². The molecule has 2 heterocycles. The van der Waals surface area contributed by atoms with Gasteiger partial charge in [0.25, 0.3) is 0 Å². The Morgan fingerprint density at radius 3 is 2.53 bits per heavy atom. The Hall–Kier alpha value is -1.65. The molecule has 0 bridgehead atoms. The molecule has 1 aromatic heterocycles. The lowest BCUT2D eigenvalue weighted by Gasteiger charge is -2.31. The highest BCUT2D eigenvalue weighted by atomic mass is 16.1. The van der Waals surface area contributed by atoms with E-state index < -0.39 is 0 Å². The largest absolute Gasteiger partial charge is 0.369 e. The molecule has 92 valence electrons. The van der Waals surface area contributed by atoms with Gasteiger partial charge in [-0.2, -0.15) is 0 Å². The Balaban J connectivity index is 2.07. The number of nitrogens with zero attached hydrogens (tertiary/aromatic N) is 3. The fraction of sp³-hybridized carbons (Fsp3) is 0.583. The van der Waals surface area contributed by atoms with Gasteiger partial charge in [0.05, 0.1) is 0 Å². The summed E-state index contributed by atoms with van der Waals surface area (Å²) >= 11 is 0. The van der Waals surface area contributed by atoms with Gasteiger partial charge in [0.1, 0.15) is 11.6 Å². The summed E-state index contributed by atoms with van der Waals surface area (Å²) in [4.78, 5) is 22.0. The topological polar surface area (TPSA) is 72.1 Å². The molecule has 1 saturated heterocycles. The summed E-state index contributed by atoms with van der Waals surface area (Å²) in [7, 11) is 0. The van der Waals surface area contributed by atoms with Crippen LogP contribution in [0.3, 0.4) is 0 Å². The monoisotopic (exact) mass is 234 g/mol. The smallest absolute Gasteiger partial charge is 0.220 e. The number of nitrogens with two attached hydrogens (primary N) is 1. The van der Waals surface area contributed by atoms with E-state index in [4.69, 9.17) is 5.73 Å². The summed E-state index contributed by atoms with van der Waals surface area (Å²) < 4.78 is 0. The van der Waals surface area contributed by atoms with Crippen LogP contribution in [0.25, 0.3) is 0 Å². The SMILES string of the molecule is Cc1cc(N2CCC(C(N)=O)CC2)nc(C)n1. The first kappa shape index (κ1) is 11.8. The molecule has 0 spiro atoms. The van der Waals surface area contributed by atoms with Gasteiger partial charge < -0.3 is 10.6 Å². The minimum absolute atomic E-state index is 0.0234. The minimum Gasteiger partial charge on any atom is -0.369 e. The first-order valence-corrected chi connectivity index (χ1v) is 5.93. The van der Waals surface area contributed by atoms with E-state index >= 15 is 0 Å². The number of primary amides is 1. The Kier molecular flexibility index (Phi) is 3.26. The molecule has 0 radical (unpaired) electrons. The number of piperidine rings is 1. The van der Waals surface area contributed by atoms with E-state index in [9.17, 15) is 4.79 Å². The third-order valence-electron chi connectivity index (χ3n) is 3.17. The summed E-state index contributed by atoms with van der Waals surface area (Å²) in [5.41, 5.74) is 6.29. The van der Waals surface area contributed by atoms with Gasteiger partial charge in [0.15, 0.2) is 0 Å². The van der Waals surface area contributed by atoms with Gasteiger partial charge in [-0.25, -0.2) is 9.97 Å². The molecule has 5 heteroatoms. The van der Waals surface area contributed by atoms with E-state index in [2.05, 4.69) is 14.9 Å². The molecule has 0 unspecified atom stereocenters. The lowest BCUT2D eigenvalue weighted by Crippen LogP contribution is -2.39. The van der Waals surface area contributed by atoms with Gasteiger partial charge in [-0.1, -0.05) is 0 Å². The van der Waals surface area contributed by atoms with Crippen LogP contribution >= 0.6 is 0 Å². The predicted molar refractivity (Wildman–Crippen MR) is 65.6 cm³/mol. The van der Waals surface area contributed by atoms with Crippen molar-refractivity contribution in [2.24, 2.45) is 11.7 Å². The molecule has 1 aliphatic rings. The Labute approximate surface area is 101 Å². The third kappa shape index (κ3) is 2.72. The molecule has 1 aromatic rings. The molecule has 1 amide bonds. The van der Waals surface area contributed by atoms with Crippen LogP contribution in [0.1, 0.15) is 24.4 Å². The molecule has 1 fully saturated rings. The molecular weight excluding hydrogens is 216 g/mol. The molecule has 2 N–H and O–H groups in total. The van der Waals surface area contributed by atoms with Gasteiger partial charge in [-0.05, 0) is 26.7 Å². The molecular formula is C12H18N4O. The van der Waals surface area contributed by atoms with Crippen molar-refractivity contribution in [1.82, 2.24) is 9.97 Å². The number of amides is 1. The van der Waals surface area contributed by atoms with E-state index in [0.717, 1.165) is 43.3 Å². The first-order valence-electron chi connectivity index (χ1n) is 5.93. The van der Waals surface area contributed by atoms with Crippen LogP contribution < -0.4 is 10.6 Å². The van der Waals surface area contributed by atoms with Crippen molar-refractivity contribution in [2.75, 3.05) is 18.0 Å². The summed E-state index contributed by atoms with van der Waals surface area (Å²) in [6, 6.07) is 1.98. The van der Waals surface area contributed by atoms with Crippen molar-refractivity contribution in [1.29, 1.82) is 0 Å². The van der Waals surface area contributed by atoms with Crippen LogP contribution in [0, 0.1) is 19.8 Å². The number of carbonyl (C=O) groups is 1. The van der Waals surface area contributed by atoms with E-state index in [1.807, 2.05) is 19.9 Å². The zero-order chi connectivity index (χ0) is 12.4. The molecule has 0 aromatic carbocycles. The number of aromatic nitrogens is 2. The molecule has 0 aliphatic carbocycles. The van der Waals surface area contributed by atoms with Crippen molar-refractivity contribution in [2.45, 2.75) is 26.7 Å². The highest BCUT2D eigenvalue weighted by Crippen LogP contribution is 2.21. The van der Waals surface area contributed by atoms with Gasteiger partial charge in [-0.15, -0.1) is 0 Å². The zero-order valence-corrected chi connectivity index (χ0v) is 10.3. The van der Waals surface area contributed by atoms with Crippen molar-refractivity contribution < 1.29 is 4.79 Å². The van der Waals surface area contributed by atoms with Gasteiger partial charge in [-0.3, -0.25) is 4.79 Å². The molecule has 2 rings (SSSR count). The molecule has 5 nitrogen and oxygen atoms in total. The normalized spacial score (nSPS) is 17.2. The van der Waals surface area contributed by atoms with Gasteiger partial charge in [0, 0.05) is 30.8 Å². The van der Waals surface area contributed by atoms with Crippen LogP contribution in [0.2, 0.25) is 0 Å². The summed E-state index contributed by atoms with van der Waals surface area (Å²) in [6.07, 6.45) is 1.63. The standard InChI is InChI=1S/C12H18N4O/c1-8-7-11(15-9(2)14-8)16-5-3-10(4-6-16)12(13)17/h7,10H,3-6H2,1-2H3,(H2,13,17). The number of anilines is 1. The number of carbonyl (C=O) groups excluding carboxylic acids is 1. The maximum atomic E-state index is 11.1. The first-order chi connectivity index (χ1) is 8.06. The lowest BCUT2D eigenvalue weighted by molar-refractivity contribution is -0.122. The van der Waals surface area contributed by atoms with Crippen molar-refractivity contribution in [3.63, 3.8) is 0 Å². The number of aryl methyl sites for hydroxylation is 2. The van der Waals surface area contributed by atoms with Crippen molar-refractivity contribution in [3.8, 4) is 0 Å². The Morgan fingerprint density at radius 1 is 1.35 bits per heavy atom. The fourth-order valence-corrected chi connectivity index (χ4v) is 2.25. The average Bonchev–Trinajstić information content (AvgIpc) is 2.28. The second-order valence-electron chi connectivity index (χ2n) is 4.58. The highest BCUT2D eigenvalue weighted by Gasteiger charge is 2.23. The fourth-order valence-electron chi connectivity index (χ4n) is 2.25. The molecule has 1 aliphatic heterocycles. The molecule has 17 heavy (non-hydrogen) atoms. The number of hydrogen-bond acceptors (Lipinski definition) is 4. The van der Waals surface area contributed by atoms with Gasteiger partial charge in [0.2, 0.25) is 5.91 Å². The van der Waals surface area contributed by atoms with Crippen LogP contribution in [0.5, 0.6) is 0 Å². The van der Waals surface area contributed by atoms with Crippen LogP contribution in [0.4, 0.5) is 5.82 Å². The number of rotatable bonds is 2. The highest BCUT2D eigenvalue weighted by molar-refractivity contribution is 5.76.